The molecule has 2 saturated carbocycles. The smallest absolute Gasteiger partial charge is 0.187 e. The molecule has 1 aromatic heterocycles. The van der Waals surface area contributed by atoms with Crippen molar-refractivity contribution in [1.29, 1.82) is 0 Å². The van der Waals surface area contributed by atoms with Crippen LogP contribution in [0.3, 0.4) is 0 Å². The van der Waals surface area contributed by atoms with Crippen LogP contribution < -0.4 is 0 Å². The Morgan fingerprint density at radius 1 is 1.27 bits per heavy atom. The number of fused-ring (bicyclic) bond motifs is 3. The zero-order valence-electron chi connectivity index (χ0n) is 16.4. The summed E-state index contributed by atoms with van der Waals surface area (Å²) in [5.41, 5.74) is 1.53. The van der Waals surface area contributed by atoms with Gasteiger partial charge in [0.1, 0.15) is 5.69 Å². The molecular formula is C23H29NO2. The van der Waals surface area contributed by atoms with E-state index >= 15 is 0 Å². The summed E-state index contributed by atoms with van der Waals surface area (Å²) in [5, 5.41) is 13.2. The summed E-state index contributed by atoms with van der Waals surface area (Å²) in [6.07, 6.45) is 3.24. The largest absolute Gasteiger partial charge is 0.392 e. The summed E-state index contributed by atoms with van der Waals surface area (Å²) in [7, 11) is 0. The van der Waals surface area contributed by atoms with E-state index in [0.717, 1.165) is 23.6 Å². The van der Waals surface area contributed by atoms with Crippen LogP contribution in [0, 0.1) is 22.7 Å². The maximum absolute atomic E-state index is 13.4. The molecule has 0 radical (unpaired) electrons. The normalized spacial score (nSPS) is 32.5. The Kier molecular flexibility index (Phi) is 3.82. The van der Waals surface area contributed by atoms with Gasteiger partial charge in [-0.25, -0.2) is 0 Å². The molecular weight excluding hydrogens is 322 g/mol. The average molecular weight is 351 g/mol. The fourth-order valence-electron chi connectivity index (χ4n) is 5.66. The van der Waals surface area contributed by atoms with Gasteiger partial charge in [-0.15, -0.1) is 0 Å². The second kappa shape index (κ2) is 5.63. The molecule has 4 unspecified atom stereocenters. The molecule has 138 valence electrons. The lowest BCUT2D eigenvalue weighted by molar-refractivity contribution is -0.00625. The first-order valence-electron chi connectivity index (χ1n) is 9.79. The number of ketones is 1. The molecule has 4 atom stereocenters. The van der Waals surface area contributed by atoms with Gasteiger partial charge in [-0.2, -0.15) is 0 Å². The molecule has 26 heavy (non-hydrogen) atoms. The first-order chi connectivity index (χ1) is 12.2. The second-order valence-corrected chi connectivity index (χ2v) is 9.41. The Labute approximate surface area is 155 Å². The quantitative estimate of drug-likeness (QED) is 0.794. The van der Waals surface area contributed by atoms with Gasteiger partial charge in [-0.3, -0.25) is 9.78 Å². The number of benzene rings is 1. The SMILES string of the molecule is CC(C)c1cccc2cnc(C(=O)C3C4CCC(C)(C3O)C4(C)C)cc12. The zero-order chi connectivity index (χ0) is 18.9. The van der Waals surface area contributed by atoms with Crippen molar-refractivity contribution in [3.63, 3.8) is 0 Å². The summed E-state index contributed by atoms with van der Waals surface area (Å²) in [4.78, 5) is 17.9. The number of aliphatic hydroxyl groups is 1. The maximum atomic E-state index is 13.4. The monoisotopic (exact) mass is 351 g/mol. The van der Waals surface area contributed by atoms with Crippen molar-refractivity contribution in [3.8, 4) is 0 Å². The van der Waals surface area contributed by atoms with Crippen LogP contribution in [0.2, 0.25) is 0 Å². The topological polar surface area (TPSA) is 50.2 Å². The molecule has 2 bridgehead atoms. The Morgan fingerprint density at radius 2 is 2.00 bits per heavy atom. The highest BCUT2D eigenvalue weighted by atomic mass is 16.3. The summed E-state index contributed by atoms with van der Waals surface area (Å²) < 4.78 is 0. The fourth-order valence-corrected chi connectivity index (χ4v) is 5.66. The van der Waals surface area contributed by atoms with Gasteiger partial charge in [0.15, 0.2) is 5.78 Å². The van der Waals surface area contributed by atoms with Crippen LogP contribution in [0.15, 0.2) is 30.5 Å². The number of hydrogen-bond acceptors (Lipinski definition) is 3. The van der Waals surface area contributed by atoms with Gasteiger partial charge in [-0.1, -0.05) is 52.8 Å². The number of hydrogen-bond donors (Lipinski definition) is 1. The fraction of sp³-hybridized carbons (Fsp3) is 0.565. The van der Waals surface area contributed by atoms with Gasteiger partial charge < -0.3 is 5.11 Å². The number of rotatable bonds is 3. The summed E-state index contributed by atoms with van der Waals surface area (Å²) in [6.45, 7) is 10.9. The van der Waals surface area contributed by atoms with Crippen molar-refractivity contribution in [2.24, 2.45) is 22.7 Å². The molecule has 1 aromatic carbocycles. The Morgan fingerprint density at radius 3 is 2.62 bits per heavy atom. The number of nitrogens with zero attached hydrogens (tertiary/aromatic N) is 1. The molecule has 2 aliphatic rings. The number of carbonyl (C=O) groups is 1. The third-order valence-corrected chi connectivity index (χ3v) is 7.77. The lowest BCUT2D eigenvalue weighted by Gasteiger charge is -2.37. The Hall–Kier alpha value is -1.74. The van der Waals surface area contributed by atoms with E-state index in [1.165, 1.54) is 5.56 Å². The van der Waals surface area contributed by atoms with Crippen molar-refractivity contribution in [3.05, 3.63) is 41.7 Å². The minimum absolute atomic E-state index is 0.0134. The molecule has 4 rings (SSSR count). The first-order valence-corrected chi connectivity index (χ1v) is 9.79. The molecule has 2 fully saturated rings. The van der Waals surface area contributed by atoms with E-state index in [9.17, 15) is 9.90 Å². The highest BCUT2D eigenvalue weighted by molar-refractivity contribution is 6.00. The van der Waals surface area contributed by atoms with Gasteiger partial charge in [0.2, 0.25) is 0 Å². The third kappa shape index (κ3) is 2.16. The van der Waals surface area contributed by atoms with Crippen molar-refractivity contribution in [2.45, 2.75) is 59.5 Å². The molecule has 3 nitrogen and oxygen atoms in total. The molecule has 3 heteroatoms. The first kappa shape index (κ1) is 17.7. The number of carbonyl (C=O) groups excluding carboxylic acids is 1. The van der Waals surface area contributed by atoms with Gasteiger partial charge >= 0.3 is 0 Å². The molecule has 0 amide bonds. The lowest BCUT2D eigenvalue weighted by Crippen LogP contribution is -2.40. The van der Waals surface area contributed by atoms with Crippen LogP contribution >= 0.6 is 0 Å². The van der Waals surface area contributed by atoms with E-state index in [4.69, 9.17) is 0 Å². The predicted molar refractivity (Wildman–Crippen MR) is 104 cm³/mol. The molecule has 0 spiro atoms. The van der Waals surface area contributed by atoms with Crippen LogP contribution in [-0.2, 0) is 0 Å². The second-order valence-electron chi connectivity index (χ2n) is 9.41. The zero-order valence-corrected chi connectivity index (χ0v) is 16.4. The van der Waals surface area contributed by atoms with Crippen molar-refractivity contribution >= 4 is 16.6 Å². The molecule has 0 saturated heterocycles. The van der Waals surface area contributed by atoms with Gasteiger partial charge in [-0.05, 0) is 52.5 Å². The molecule has 2 aliphatic carbocycles. The van der Waals surface area contributed by atoms with E-state index in [1.54, 1.807) is 6.20 Å². The Bertz CT molecular complexity index is 885. The van der Waals surface area contributed by atoms with E-state index in [0.29, 0.717) is 11.6 Å². The highest BCUT2D eigenvalue weighted by Gasteiger charge is 2.67. The van der Waals surface area contributed by atoms with E-state index in [2.05, 4.69) is 45.7 Å². The van der Waals surface area contributed by atoms with Crippen LogP contribution in [0.25, 0.3) is 10.8 Å². The van der Waals surface area contributed by atoms with Crippen molar-refractivity contribution in [1.82, 2.24) is 4.98 Å². The molecule has 1 N–H and O–H groups in total. The number of Topliss-reactive ketones (excluding diaryl/α,β-unsaturated/α-hetero) is 1. The van der Waals surface area contributed by atoms with Crippen LogP contribution in [0.5, 0.6) is 0 Å². The van der Waals surface area contributed by atoms with E-state index < -0.39 is 6.10 Å². The van der Waals surface area contributed by atoms with Crippen LogP contribution in [0.1, 0.15) is 69.4 Å². The van der Waals surface area contributed by atoms with E-state index in [-0.39, 0.29) is 28.4 Å². The Balaban J connectivity index is 1.77. The predicted octanol–water partition coefficient (Wildman–Crippen LogP) is 4.97. The number of pyridine rings is 1. The van der Waals surface area contributed by atoms with Gasteiger partial charge in [0, 0.05) is 11.6 Å². The lowest BCUT2D eigenvalue weighted by atomic mass is 9.70. The van der Waals surface area contributed by atoms with Crippen LogP contribution in [-0.4, -0.2) is 22.0 Å². The average Bonchev–Trinajstić information content (AvgIpc) is 2.92. The van der Waals surface area contributed by atoms with Crippen LogP contribution in [0.4, 0.5) is 0 Å². The van der Waals surface area contributed by atoms with Crippen molar-refractivity contribution < 1.29 is 9.90 Å². The third-order valence-electron chi connectivity index (χ3n) is 7.77. The molecule has 2 aromatic rings. The highest BCUT2D eigenvalue weighted by Crippen LogP contribution is 2.68. The molecule has 1 heterocycles. The number of aliphatic hydroxyl groups excluding tert-OH is 1. The minimum Gasteiger partial charge on any atom is -0.392 e. The number of aromatic nitrogens is 1. The maximum Gasteiger partial charge on any atom is 0.187 e. The summed E-state index contributed by atoms with van der Waals surface area (Å²) >= 11 is 0. The van der Waals surface area contributed by atoms with Crippen molar-refractivity contribution in [2.75, 3.05) is 0 Å². The summed E-state index contributed by atoms with van der Waals surface area (Å²) in [6, 6.07) is 8.15. The minimum atomic E-state index is -0.582. The molecule has 0 aliphatic heterocycles. The summed E-state index contributed by atoms with van der Waals surface area (Å²) in [5.74, 6) is 0.294. The van der Waals surface area contributed by atoms with Gasteiger partial charge in [0.25, 0.3) is 0 Å². The standard InChI is InChI=1S/C23H29NO2/c1-13(2)15-8-6-7-14-12-24-18(11-16(14)15)20(25)19-17-9-10-23(5,21(19)26)22(17,3)4/h6-8,11-13,17,19,21,26H,9-10H2,1-5H3. The van der Waals surface area contributed by atoms with Gasteiger partial charge in [0.05, 0.1) is 12.0 Å². The van der Waals surface area contributed by atoms with E-state index in [1.807, 2.05) is 18.2 Å².